The highest BCUT2D eigenvalue weighted by Crippen LogP contribution is 2.22. The van der Waals surface area contributed by atoms with Crippen LogP contribution in [0.3, 0.4) is 0 Å². The van der Waals surface area contributed by atoms with Crippen LogP contribution in [0.25, 0.3) is 0 Å². The second kappa shape index (κ2) is 5.81. The molecule has 1 amide bonds. The van der Waals surface area contributed by atoms with Gasteiger partial charge in [-0.25, -0.2) is 0 Å². The van der Waals surface area contributed by atoms with Crippen molar-refractivity contribution in [3.05, 3.63) is 29.8 Å². The average Bonchev–Trinajstić information content (AvgIpc) is 2.44. The van der Waals surface area contributed by atoms with Crippen LogP contribution in [0.2, 0.25) is 0 Å². The van der Waals surface area contributed by atoms with E-state index in [0.717, 1.165) is 5.69 Å². The maximum atomic E-state index is 12.5. The van der Waals surface area contributed by atoms with Gasteiger partial charge in [-0.1, -0.05) is 0 Å². The Morgan fingerprint density at radius 1 is 1.45 bits per heavy atom. The number of nitrogens with one attached hydrogen (secondary N) is 1. The fourth-order valence-corrected chi connectivity index (χ4v) is 2.51. The van der Waals surface area contributed by atoms with Crippen LogP contribution in [0.5, 0.6) is 0 Å². The molecule has 1 aromatic rings. The van der Waals surface area contributed by atoms with E-state index in [-0.39, 0.29) is 18.6 Å². The number of nitrogens with zero attached hydrogens (tertiary/aromatic N) is 1. The molecule has 110 valence electrons. The van der Waals surface area contributed by atoms with Gasteiger partial charge in [-0.15, -0.1) is 0 Å². The third-order valence-electron chi connectivity index (χ3n) is 3.39. The fraction of sp³-hybridized carbons (Fsp3) is 0.533. The van der Waals surface area contributed by atoms with Crippen molar-refractivity contribution in [2.45, 2.75) is 25.6 Å². The molecular weight excluding hydrogens is 256 g/mol. The van der Waals surface area contributed by atoms with Crippen LogP contribution in [-0.4, -0.2) is 54.4 Å². The topological polar surface area (TPSA) is 61.8 Å². The van der Waals surface area contributed by atoms with E-state index in [2.05, 4.69) is 5.32 Å². The summed E-state index contributed by atoms with van der Waals surface area (Å²) in [5.74, 6) is -0.0255. The molecule has 20 heavy (non-hydrogen) atoms. The zero-order valence-electron chi connectivity index (χ0n) is 12.2. The molecule has 2 rings (SSSR count). The first-order chi connectivity index (χ1) is 9.45. The smallest absolute Gasteiger partial charge is 0.254 e. The molecule has 1 fully saturated rings. The summed E-state index contributed by atoms with van der Waals surface area (Å²) in [6.45, 7) is 4.73. The monoisotopic (exact) mass is 278 g/mol. The van der Waals surface area contributed by atoms with Crippen molar-refractivity contribution in [2.75, 3.05) is 32.1 Å². The number of amides is 1. The summed E-state index contributed by atoms with van der Waals surface area (Å²) in [4.78, 5) is 14.3. The number of benzene rings is 1. The molecule has 1 aromatic carbocycles. The number of anilines is 1. The number of hydrogen-bond donors (Lipinski definition) is 2. The van der Waals surface area contributed by atoms with Crippen molar-refractivity contribution in [2.24, 2.45) is 0 Å². The van der Waals surface area contributed by atoms with Gasteiger partial charge in [0.15, 0.2) is 0 Å². The van der Waals surface area contributed by atoms with Gasteiger partial charge in [-0.05, 0) is 38.1 Å². The van der Waals surface area contributed by atoms with E-state index in [0.29, 0.717) is 18.7 Å². The Balaban J connectivity index is 2.14. The summed E-state index contributed by atoms with van der Waals surface area (Å²) >= 11 is 0. The standard InChI is InChI=1S/C15H22N2O3/c1-15(2)10-17(8-13(9-18)20-15)14(19)11-4-6-12(16-3)7-5-11/h4-7,13,16,18H,8-10H2,1-3H3. The van der Waals surface area contributed by atoms with Gasteiger partial charge in [0.25, 0.3) is 5.91 Å². The van der Waals surface area contributed by atoms with Crippen LogP contribution in [-0.2, 0) is 4.74 Å². The van der Waals surface area contributed by atoms with Crippen molar-refractivity contribution in [3.63, 3.8) is 0 Å². The van der Waals surface area contributed by atoms with Gasteiger partial charge in [-0.3, -0.25) is 4.79 Å². The molecule has 1 unspecified atom stereocenters. The predicted molar refractivity (Wildman–Crippen MR) is 77.9 cm³/mol. The molecule has 1 aliphatic heterocycles. The minimum Gasteiger partial charge on any atom is -0.394 e. The normalized spacial score (nSPS) is 21.6. The third kappa shape index (κ3) is 3.29. The number of aliphatic hydroxyl groups excluding tert-OH is 1. The molecule has 2 N–H and O–H groups in total. The summed E-state index contributed by atoms with van der Waals surface area (Å²) in [5, 5.41) is 12.3. The highest BCUT2D eigenvalue weighted by Gasteiger charge is 2.35. The molecule has 0 bridgehead atoms. The fourth-order valence-electron chi connectivity index (χ4n) is 2.51. The molecule has 1 aliphatic rings. The quantitative estimate of drug-likeness (QED) is 0.876. The van der Waals surface area contributed by atoms with Crippen LogP contribution < -0.4 is 5.32 Å². The van der Waals surface area contributed by atoms with Crippen molar-refractivity contribution in [1.29, 1.82) is 0 Å². The number of carbonyl (C=O) groups excluding carboxylic acids is 1. The Kier molecular flexibility index (Phi) is 4.30. The number of morpholine rings is 1. The maximum Gasteiger partial charge on any atom is 0.254 e. The van der Waals surface area contributed by atoms with Crippen molar-refractivity contribution in [3.8, 4) is 0 Å². The van der Waals surface area contributed by atoms with Crippen LogP contribution in [0.1, 0.15) is 24.2 Å². The van der Waals surface area contributed by atoms with E-state index in [1.807, 2.05) is 45.2 Å². The van der Waals surface area contributed by atoms with Gasteiger partial charge in [-0.2, -0.15) is 0 Å². The Hall–Kier alpha value is -1.59. The predicted octanol–water partition coefficient (Wildman–Crippen LogP) is 1.34. The van der Waals surface area contributed by atoms with Crippen LogP contribution in [0, 0.1) is 0 Å². The van der Waals surface area contributed by atoms with Gasteiger partial charge < -0.3 is 20.1 Å². The van der Waals surface area contributed by atoms with Crippen molar-refractivity contribution < 1.29 is 14.6 Å². The van der Waals surface area contributed by atoms with E-state index in [1.165, 1.54) is 0 Å². The van der Waals surface area contributed by atoms with Gasteiger partial charge in [0.2, 0.25) is 0 Å². The van der Waals surface area contributed by atoms with Gasteiger partial charge in [0.05, 0.1) is 18.3 Å². The lowest BCUT2D eigenvalue weighted by molar-refractivity contribution is -0.139. The van der Waals surface area contributed by atoms with Crippen LogP contribution in [0.15, 0.2) is 24.3 Å². The van der Waals surface area contributed by atoms with Crippen LogP contribution in [0.4, 0.5) is 5.69 Å². The first-order valence-corrected chi connectivity index (χ1v) is 6.81. The number of carbonyl (C=O) groups is 1. The molecule has 0 spiro atoms. The SMILES string of the molecule is CNc1ccc(C(=O)N2CC(CO)OC(C)(C)C2)cc1. The Labute approximate surface area is 119 Å². The number of hydrogen-bond acceptors (Lipinski definition) is 4. The average molecular weight is 278 g/mol. The zero-order valence-corrected chi connectivity index (χ0v) is 12.2. The van der Waals surface area contributed by atoms with Crippen molar-refractivity contribution in [1.82, 2.24) is 4.90 Å². The molecule has 0 aromatic heterocycles. The maximum absolute atomic E-state index is 12.5. The molecule has 5 heteroatoms. The minimum absolute atomic E-state index is 0.0255. The second-order valence-electron chi connectivity index (χ2n) is 5.70. The lowest BCUT2D eigenvalue weighted by Crippen LogP contribution is -2.55. The molecule has 0 saturated carbocycles. The number of ether oxygens (including phenoxy) is 1. The Morgan fingerprint density at radius 3 is 2.65 bits per heavy atom. The summed E-state index contributed by atoms with van der Waals surface area (Å²) < 4.78 is 5.72. The second-order valence-corrected chi connectivity index (χ2v) is 5.70. The summed E-state index contributed by atoms with van der Waals surface area (Å²) in [6.07, 6.45) is -0.320. The van der Waals surface area contributed by atoms with E-state index in [4.69, 9.17) is 4.74 Å². The summed E-state index contributed by atoms with van der Waals surface area (Å²) in [7, 11) is 1.84. The van der Waals surface area contributed by atoms with Gasteiger partial charge >= 0.3 is 0 Å². The summed E-state index contributed by atoms with van der Waals surface area (Å²) in [5.41, 5.74) is 1.18. The molecule has 1 heterocycles. The Morgan fingerprint density at radius 2 is 2.10 bits per heavy atom. The molecule has 5 nitrogen and oxygen atoms in total. The third-order valence-corrected chi connectivity index (χ3v) is 3.39. The van der Waals surface area contributed by atoms with Gasteiger partial charge in [0, 0.05) is 31.4 Å². The zero-order chi connectivity index (χ0) is 14.8. The summed E-state index contributed by atoms with van der Waals surface area (Å²) in [6, 6.07) is 7.37. The number of rotatable bonds is 3. The van der Waals surface area contributed by atoms with E-state index < -0.39 is 5.60 Å². The first-order valence-electron chi connectivity index (χ1n) is 6.81. The molecular formula is C15H22N2O3. The largest absolute Gasteiger partial charge is 0.394 e. The first kappa shape index (κ1) is 14.8. The molecule has 1 saturated heterocycles. The van der Waals surface area contributed by atoms with Crippen molar-refractivity contribution >= 4 is 11.6 Å². The van der Waals surface area contributed by atoms with E-state index in [9.17, 15) is 9.90 Å². The number of aliphatic hydroxyl groups is 1. The lowest BCUT2D eigenvalue weighted by atomic mass is 10.0. The molecule has 0 aliphatic carbocycles. The highest BCUT2D eigenvalue weighted by atomic mass is 16.5. The Bertz CT molecular complexity index is 471. The lowest BCUT2D eigenvalue weighted by Gasteiger charge is -2.42. The minimum atomic E-state index is -0.438. The van der Waals surface area contributed by atoms with Crippen LogP contribution >= 0.6 is 0 Å². The van der Waals surface area contributed by atoms with E-state index >= 15 is 0 Å². The highest BCUT2D eigenvalue weighted by molar-refractivity contribution is 5.94. The van der Waals surface area contributed by atoms with Gasteiger partial charge in [0.1, 0.15) is 0 Å². The molecule has 0 radical (unpaired) electrons. The molecule has 1 atom stereocenters. The van der Waals surface area contributed by atoms with E-state index in [1.54, 1.807) is 4.90 Å².